The van der Waals surface area contributed by atoms with E-state index in [1.165, 1.54) is 0 Å². The van der Waals surface area contributed by atoms with E-state index >= 15 is 0 Å². The summed E-state index contributed by atoms with van der Waals surface area (Å²) in [6.07, 6.45) is 0. The minimum absolute atomic E-state index is 0.597. The lowest BCUT2D eigenvalue weighted by atomic mass is 10.2. The first kappa shape index (κ1) is 12.2. The fraction of sp³-hybridized carbons (Fsp3) is 0.143. The first-order valence-corrected chi connectivity index (χ1v) is 6.81. The van der Waals surface area contributed by atoms with Gasteiger partial charge in [0.05, 0.1) is 12.1 Å². The molecule has 0 bridgehead atoms. The summed E-state index contributed by atoms with van der Waals surface area (Å²) in [7, 11) is 0. The molecule has 0 aliphatic carbocycles. The monoisotopic (exact) mass is 317 g/mol. The van der Waals surface area contributed by atoms with Gasteiger partial charge in [-0.3, -0.25) is 0 Å². The average molecular weight is 318 g/mol. The van der Waals surface area contributed by atoms with E-state index in [1.54, 1.807) is 0 Å². The summed E-state index contributed by atoms with van der Waals surface area (Å²) >= 11 is 3.52. The van der Waals surface area contributed by atoms with E-state index in [2.05, 4.69) is 30.9 Å². The lowest BCUT2D eigenvalue weighted by Crippen LogP contribution is -1.93. The highest BCUT2D eigenvalue weighted by Gasteiger charge is 2.09. The number of nitrogens with one attached hydrogen (secondary N) is 1. The number of hydrogen-bond acceptors (Lipinski definition) is 3. The molecule has 0 atom stereocenters. The van der Waals surface area contributed by atoms with Crippen molar-refractivity contribution in [3.8, 4) is 17.3 Å². The molecule has 2 aromatic heterocycles. The Labute approximate surface area is 119 Å². The molecule has 0 saturated heterocycles. The summed E-state index contributed by atoms with van der Waals surface area (Å²) in [5, 5.41) is 0. The molecule has 4 nitrogen and oxygen atoms in total. The summed E-state index contributed by atoms with van der Waals surface area (Å²) in [5.41, 5.74) is 2.57. The Morgan fingerprint density at radius 1 is 1.16 bits per heavy atom. The summed E-state index contributed by atoms with van der Waals surface area (Å²) < 4.78 is 6.38. The quantitative estimate of drug-likeness (QED) is 0.799. The number of halogens is 1. The molecular formula is C14H12BrN3O. The lowest BCUT2D eigenvalue weighted by Gasteiger charge is -1.99. The van der Waals surface area contributed by atoms with E-state index in [0.717, 1.165) is 21.4 Å². The second-order valence-corrected chi connectivity index (χ2v) is 4.87. The van der Waals surface area contributed by atoms with Crippen LogP contribution in [-0.2, 0) is 0 Å². The molecule has 0 fully saturated rings. The van der Waals surface area contributed by atoms with Crippen molar-refractivity contribution in [1.82, 2.24) is 15.0 Å². The summed E-state index contributed by atoms with van der Waals surface area (Å²) in [6.45, 7) is 2.53. The maximum absolute atomic E-state index is 5.38. The topological polar surface area (TPSA) is 50.8 Å². The zero-order valence-corrected chi connectivity index (χ0v) is 11.9. The summed E-state index contributed by atoms with van der Waals surface area (Å²) in [4.78, 5) is 12.1. The van der Waals surface area contributed by atoms with Gasteiger partial charge in [0.25, 0.3) is 0 Å². The zero-order valence-electron chi connectivity index (χ0n) is 10.4. The number of fused-ring (bicyclic) bond motifs is 1. The van der Waals surface area contributed by atoms with Crippen molar-refractivity contribution in [2.75, 3.05) is 6.61 Å². The first-order chi connectivity index (χ1) is 9.28. The van der Waals surface area contributed by atoms with Crippen LogP contribution in [0.5, 0.6) is 5.88 Å². The number of rotatable bonds is 3. The number of benzene rings is 1. The Morgan fingerprint density at radius 3 is 2.79 bits per heavy atom. The highest BCUT2D eigenvalue weighted by Crippen LogP contribution is 2.27. The van der Waals surface area contributed by atoms with Crippen molar-refractivity contribution < 1.29 is 4.74 Å². The molecule has 0 radical (unpaired) electrons. The molecule has 2 heterocycles. The van der Waals surface area contributed by atoms with E-state index < -0.39 is 0 Å². The van der Waals surface area contributed by atoms with E-state index in [4.69, 9.17) is 4.74 Å². The smallest absolute Gasteiger partial charge is 0.215 e. The number of nitrogens with zero attached hydrogens (tertiary/aromatic N) is 2. The van der Waals surface area contributed by atoms with Crippen molar-refractivity contribution in [1.29, 1.82) is 0 Å². The predicted octanol–water partition coefficient (Wildman–Crippen LogP) is 3.79. The molecule has 0 spiro atoms. The Balaban J connectivity index is 2.09. The number of imidazole rings is 1. The number of hydrogen-bond donors (Lipinski definition) is 1. The van der Waals surface area contributed by atoms with Crippen molar-refractivity contribution in [2.45, 2.75) is 6.92 Å². The predicted molar refractivity (Wildman–Crippen MR) is 78.2 cm³/mol. The van der Waals surface area contributed by atoms with Crippen LogP contribution in [-0.4, -0.2) is 21.6 Å². The molecule has 3 rings (SSSR count). The minimum atomic E-state index is 0.597. The molecular weight excluding hydrogens is 306 g/mol. The fourth-order valence-electron chi connectivity index (χ4n) is 1.88. The van der Waals surface area contributed by atoms with Gasteiger partial charge in [0.15, 0.2) is 5.65 Å². The molecule has 96 valence electrons. The van der Waals surface area contributed by atoms with Gasteiger partial charge in [0.1, 0.15) is 5.82 Å². The Hall–Kier alpha value is -1.88. The van der Waals surface area contributed by atoms with Crippen molar-refractivity contribution >= 4 is 27.1 Å². The second kappa shape index (κ2) is 5.01. The van der Waals surface area contributed by atoms with Gasteiger partial charge in [-0.1, -0.05) is 34.1 Å². The largest absolute Gasteiger partial charge is 0.478 e. The van der Waals surface area contributed by atoms with Gasteiger partial charge in [-0.25, -0.2) is 4.98 Å². The third-order valence-electron chi connectivity index (χ3n) is 2.74. The van der Waals surface area contributed by atoms with Crippen LogP contribution in [0.2, 0.25) is 0 Å². The molecule has 1 aromatic carbocycles. The molecule has 19 heavy (non-hydrogen) atoms. The van der Waals surface area contributed by atoms with Gasteiger partial charge >= 0.3 is 0 Å². The van der Waals surface area contributed by atoms with Crippen molar-refractivity contribution in [3.05, 3.63) is 40.9 Å². The SMILES string of the molecule is CCOc1ccc2[nH]c(-c3ccccc3Br)nc2n1. The lowest BCUT2D eigenvalue weighted by molar-refractivity contribution is 0.328. The molecule has 0 amide bonds. The van der Waals surface area contributed by atoms with Gasteiger partial charge in [0.2, 0.25) is 5.88 Å². The number of ether oxygens (including phenoxy) is 1. The van der Waals surface area contributed by atoms with Crippen LogP contribution in [0, 0.1) is 0 Å². The summed E-state index contributed by atoms with van der Waals surface area (Å²) in [6, 6.07) is 11.7. The highest BCUT2D eigenvalue weighted by atomic mass is 79.9. The van der Waals surface area contributed by atoms with Gasteiger partial charge in [-0.05, 0) is 19.1 Å². The number of aromatic nitrogens is 3. The van der Waals surface area contributed by atoms with Gasteiger partial charge in [-0.15, -0.1) is 0 Å². The number of pyridine rings is 1. The Morgan fingerprint density at radius 2 is 2.00 bits per heavy atom. The molecule has 0 aliphatic heterocycles. The van der Waals surface area contributed by atoms with E-state index in [1.807, 2.05) is 43.3 Å². The second-order valence-electron chi connectivity index (χ2n) is 4.02. The molecule has 0 aliphatic rings. The third-order valence-corrected chi connectivity index (χ3v) is 3.43. The molecule has 5 heteroatoms. The van der Waals surface area contributed by atoms with Crippen molar-refractivity contribution in [3.63, 3.8) is 0 Å². The molecule has 3 aromatic rings. The molecule has 0 saturated carbocycles. The van der Waals surface area contributed by atoms with Crippen LogP contribution in [0.3, 0.4) is 0 Å². The van der Waals surface area contributed by atoms with E-state index in [-0.39, 0.29) is 0 Å². The Kier molecular flexibility index (Phi) is 3.21. The van der Waals surface area contributed by atoms with Crippen LogP contribution in [0.15, 0.2) is 40.9 Å². The standard InChI is InChI=1S/C14H12BrN3O/c1-2-19-12-8-7-11-14(17-12)18-13(16-11)9-5-3-4-6-10(9)15/h3-8H,2H2,1H3,(H,16,17,18). The van der Waals surface area contributed by atoms with Crippen LogP contribution in [0.4, 0.5) is 0 Å². The minimum Gasteiger partial charge on any atom is -0.478 e. The van der Waals surface area contributed by atoms with E-state index in [0.29, 0.717) is 18.1 Å². The van der Waals surface area contributed by atoms with Gasteiger partial charge < -0.3 is 9.72 Å². The van der Waals surface area contributed by atoms with Gasteiger partial charge in [-0.2, -0.15) is 4.98 Å². The van der Waals surface area contributed by atoms with Crippen LogP contribution < -0.4 is 4.74 Å². The maximum Gasteiger partial charge on any atom is 0.215 e. The molecule has 1 N–H and O–H groups in total. The van der Waals surface area contributed by atoms with E-state index in [9.17, 15) is 0 Å². The maximum atomic E-state index is 5.38. The zero-order chi connectivity index (χ0) is 13.2. The van der Waals surface area contributed by atoms with Crippen LogP contribution >= 0.6 is 15.9 Å². The number of H-pyrrole nitrogens is 1. The Bertz CT molecular complexity index is 724. The first-order valence-electron chi connectivity index (χ1n) is 6.02. The third kappa shape index (κ3) is 2.33. The van der Waals surface area contributed by atoms with Crippen molar-refractivity contribution in [2.24, 2.45) is 0 Å². The highest BCUT2D eigenvalue weighted by molar-refractivity contribution is 9.10. The van der Waals surface area contributed by atoms with Crippen LogP contribution in [0.1, 0.15) is 6.92 Å². The van der Waals surface area contributed by atoms with Gasteiger partial charge in [0, 0.05) is 16.1 Å². The summed E-state index contributed by atoms with van der Waals surface area (Å²) in [5.74, 6) is 1.39. The number of aromatic amines is 1. The molecule has 0 unspecified atom stereocenters. The average Bonchev–Trinajstić information content (AvgIpc) is 2.82. The normalized spacial score (nSPS) is 10.8. The fourth-order valence-corrected chi connectivity index (χ4v) is 2.36. The van der Waals surface area contributed by atoms with Crippen LogP contribution in [0.25, 0.3) is 22.6 Å².